The molecule has 15 heavy (non-hydrogen) atoms. The normalized spacial score (nSPS) is 20.3. The van der Waals surface area contributed by atoms with Crippen LogP contribution >= 0.6 is 0 Å². The van der Waals surface area contributed by atoms with Gasteiger partial charge in [-0.15, -0.1) is 0 Å². The molecule has 80 valence electrons. The van der Waals surface area contributed by atoms with E-state index in [0.29, 0.717) is 12.6 Å². The molecule has 2 heterocycles. The number of carbonyl (C=O) groups is 1. The van der Waals surface area contributed by atoms with Gasteiger partial charge in [-0.3, -0.25) is 4.79 Å². The molecule has 1 aliphatic heterocycles. The van der Waals surface area contributed by atoms with Gasteiger partial charge in [-0.05, 0) is 6.07 Å². The highest BCUT2D eigenvalue weighted by molar-refractivity contribution is 5.73. The van der Waals surface area contributed by atoms with Gasteiger partial charge in [0, 0.05) is 32.3 Å². The van der Waals surface area contributed by atoms with E-state index in [0.717, 1.165) is 13.0 Å². The van der Waals surface area contributed by atoms with Crippen LogP contribution < -0.4 is 4.74 Å². The summed E-state index contributed by atoms with van der Waals surface area (Å²) in [5, 5.41) is 0. The van der Waals surface area contributed by atoms with Gasteiger partial charge in [0.15, 0.2) is 0 Å². The van der Waals surface area contributed by atoms with Gasteiger partial charge in [-0.2, -0.15) is 0 Å². The number of hydrogen-bond donors (Lipinski definition) is 0. The molecule has 1 saturated heterocycles. The maximum atomic E-state index is 11.1. The van der Waals surface area contributed by atoms with Crippen LogP contribution in [0.1, 0.15) is 13.3 Å². The van der Waals surface area contributed by atoms with Crippen molar-refractivity contribution in [3.8, 4) is 6.01 Å². The van der Waals surface area contributed by atoms with Crippen molar-refractivity contribution in [2.45, 2.75) is 19.4 Å². The van der Waals surface area contributed by atoms with Crippen LogP contribution in [0.2, 0.25) is 0 Å². The number of hydrogen-bond acceptors (Lipinski definition) is 4. The maximum Gasteiger partial charge on any atom is 0.316 e. The van der Waals surface area contributed by atoms with E-state index >= 15 is 0 Å². The van der Waals surface area contributed by atoms with Crippen LogP contribution in [0.3, 0.4) is 0 Å². The Labute approximate surface area is 88.1 Å². The number of aromatic nitrogens is 2. The third-order valence-electron chi connectivity index (χ3n) is 2.40. The first-order valence-electron chi connectivity index (χ1n) is 4.95. The number of rotatable bonds is 2. The Morgan fingerprint density at radius 1 is 1.53 bits per heavy atom. The topological polar surface area (TPSA) is 55.3 Å². The van der Waals surface area contributed by atoms with Crippen molar-refractivity contribution in [3.05, 3.63) is 18.5 Å². The Kier molecular flexibility index (Phi) is 2.80. The van der Waals surface area contributed by atoms with Crippen molar-refractivity contribution in [2.24, 2.45) is 0 Å². The van der Waals surface area contributed by atoms with Gasteiger partial charge >= 0.3 is 6.01 Å². The van der Waals surface area contributed by atoms with E-state index in [1.54, 1.807) is 30.3 Å². The first-order valence-corrected chi connectivity index (χ1v) is 4.95. The van der Waals surface area contributed by atoms with E-state index < -0.39 is 0 Å². The number of amides is 1. The smallest absolute Gasteiger partial charge is 0.316 e. The van der Waals surface area contributed by atoms with E-state index in [1.807, 2.05) is 0 Å². The van der Waals surface area contributed by atoms with Crippen molar-refractivity contribution >= 4 is 5.91 Å². The molecule has 5 nitrogen and oxygen atoms in total. The van der Waals surface area contributed by atoms with Crippen LogP contribution in [0.5, 0.6) is 6.01 Å². The molecule has 1 unspecified atom stereocenters. The van der Waals surface area contributed by atoms with Crippen molar-refractivity contribution in [1.82, 2.24) is 14.9 Å². The van der Waals surface area contributed by atoms with Crippen molar-refractivity contribution in [2.75, 3.05) is 13.1 Å². The fourth-order valence-corrected chi connectivity index (χ4v) is 1.61. The van der Waals surface area contributed by atoms with E-state index in [4.69, 9.17) is 4.74 Å². The number of ether oxygens (including phenoxy) is 1. The Morgan fingerprint density at radius 2 is 2.27 bits per heavy atom. The molecule has 1 atom stereocenters. The van der Waals surface area contributed by atoms with Crippen LogP contribution in [0.25, 0.3) is 0 Å². The molecule has 1 aliphatic rings. The first kappa shape index (κ1) is 9.89. The molecule has 1 aromatic rings. The van der Waals surface area contributed by atoms with Gasteiger partial charge in [0.2, 0.25) is 5.91 Å². The summed E-state index contributed by atoms with van der Waals surface area (Å²) < 4.78 is 5.54. The highest BCUT2D eigenvalue weighted by Gasteiger charge is 2.25. The largest absolute Gasteiger partial charge is 0.458 e. The minimum Gasteiger partial charge on any atom is -0.458 e. The molecule has 0 radical (unpaired) electrons. The first-order chi connectivity index (χ1) is 7.25. The molecule has 5 heteroatoms. The van der Waals surface area contributed by atoms with Gasteiger partial charge in [0.1, 0.15) is 6.10 Å². The van der Waals surface area contributed by atoms with Gasteiger partial charge in [-0.25, -0.2) is 9.97 Å². The molecule has 0 N–H and O–H groups in total. The third-order valence-corrected chi connectivity index (χ3v) is 2.40. The Morgan fingerprint density at radius 3 is 2.87 bits per heavy atom. The molecule has 1 fully saturated rings. The van der Waals surface area contributed by atoms with Gasteiger partial charge < -0.3 is 9.64 Å². The summed E-state index contributed by atoms with van der Waals surface area (Å²) in [5.74, 6) is 0.0927. The molecule has 0 bridgehead atoms. The second-order valence-corrected chi connectivity index (χ2v) is 3.52. The maximum absolute atomic E-state index is 11.1. The summed E-state index contributed by atoms with van der Waals surface area (Å²) >= 11 is 0. The number of carbonyl (C=O) groups excluding carboxylic acids is 1. The van der Waals surface area contributed by atoms with Crippen LogP contribution in [0.15, 0.2) is 18.5 Å². The van der Waals surface area contributed by atoms with E-state index in [9.17, 15) is 4.79 Å². The molecule has 1 aromatic heterocycles. The van der Waals surface area contributed by atoms with Crippen LogP contribution in [-0.2, 0) is 4.79 Å². The Balaban J connectivity index is 1.90. The van der Waals surface area contributed by atoms with Crippen molar-refractivity contribution < 1.29 is 9.53 Å². The van der Waals surface area contributed by atoms with Gasteiger partial charge in [-0.1, -0.05) is 0 Å². The molecule has 1 amide bonds. The number of likely N-dealkylation sites (tertiary alicyclic amines) is 1. The molecule has 0 spiro atoms. The Bertz CT molecular complexity index is 342. The summed E-state index contributed by atoms with van der Waals surface area (Å²) in [7, 11) is 0. The average molecular weight is 207 g/mol. The highest BCUT2D eigenvalue weighted by Crippen LogP contribution is 2.14. The molecular formula is C10H13N3O2. The monoisotopic (exact) mass is 207 g/mol. The fraction of sp³-hybridized carbons (Fsp3) is 0.500. The standard InChI is InChI=1S/C10H13N3O2/c1-8(14)13-6-3-9(7-13)15-10-11-4-2-5-12-10/h2,4-5,9H,3,6-7H2,1H3. The SMILES string of the molecule is CC(=O)N1CCC(Oc2ncccn2)C1. The lowest BCUT2D eigenvalue weighted by Crippen LogP contribution is -2.28. The number of nitrogens with zero attached hydrogens (tertiary/aromatic N) is 3. The average Bonchev–Trinajstić information content (AvgIpc) is 2.68. The molecule has 0 aliphatic carbocycles. The molecule has 0 saturated carbocycles. The summed E-state index contributed by atoms with van der Waals surface area (Å²) in [6.07, 6.45) is 4.15. The summed E-state index contributed by atoms with van der Waals surface area (Å²) in [5.41, 5.74) is 0. The third kappa shape index (κ3) is 2.43. The Hall–Kier alpha value is -1.65. The van der Waals surface area contributed by atoms with E-state index in [2.05, 4.69) is 9.97 Å². The van der Waals surface area contributed by atoms with E-state index in [-0.39, 0.29) is 12.0 Å². The lowest BCUT2D eigenvalue weighted by atomic mass is 10.3. The minimum atomic E-state index is 0.0244. The zero-order valence-electron chi connectivity index (χ0n) is 8.59. The van der Waals surface area contributed by atoms with E-state index in [1.165, 1.54) is 0 Å². The second kappa shape index (κ2) is 4.25. The zero-order valence-corrected chi connectivity index (χ0v) is 8.59. The van der Waals surface area contributed by atoms with Crippen molar-refractivity contribution in [3.63, 3.8) is 0 Å². The van der Waals surface area contributed by atoms with Crippen LogP contribution in [-0.4, -0.2) is 40.0 Å². The highest BCUT2D eigenvalue weighted by atomic mass is 16.5. The van der Waals surface area contributed by atoms with Gasteiger partial charge in [0.05, 0.1) is 6.54 Å². The lowest BCUT2D eigenvalue weighted by Gasteiger charge is -2.13. The minimum absolute atomic E-state index is 0.0244. The van der Waals surface area contributed by atoms with Crippen molar-refractivity contribution in [1.29, 1.82) is 0 Å². The lowest BCUT2D eigenvalue weighted by molar-refractivity contribution is -0.128. The predicted octanol–water partition coefficient (Wildman–Crippen LogP) is 0.476. The molecular weight excluding hydrogens is 194 g/mol. The van der Waals surface area contributed by atoms with Crippen LogP contribution in [0, 0.1) is 0 Å². The molecule has 0 aromatic carbocycles. The summed E-state index contributed by atoms with van der Waals surface area (Å²) in [6.45, 7) is 2.96. The fourth-order valence-electron chi connectivity index (χ4n) is 1.61. The summed E-state index contributed by atoms with van der Waals surface area (Å²) in [4.78, 5) is 20.8. The zero-order chi connectivity index (χ0) is 10.7. The molecule has 2 rings (SSSR count). The van der Waals surface area contributed by atoms with Gasteiger partial charge in [0.25, 0.3) is 0 Å². The summed E-state index contributed by atoms with van der Waals surface area (Å²) in [6, 6.07) is 2.12. The second-order valence-electron chi connectivity index (χ2n) is 3.52. The van der Waals surface area contributed by atoms with Crippen LogP contribution in [0.4, 0.5) is 0 Å². The quantitative estimate of drug-likeness (QED) is 0.707. The predicted molar refractivity (Wildman–Crippen MR) is 53.3 cm³/mol.